The molecular formula is C21H32FN2O4S+. The molecule has 1 aliphatic rings. The first-order valence-corrected chi connectivity index (χ1v) is 10.6. The van der Waals surface area contributed by atoms with Crippen molar-refractivity contribution >= 4 is 23.1 Å². The SMILES string of the molecule is C/C=C(\SC(=C(C)CC)c1ccc(F)cc1)[N+](O)(O)NC1CCCCC1.O=CO. The Morgan fingerprint density at radius 1 is 1.24 bits per heavy atom. The fourth-order valence-corrected chi connectivity index (χ4v) is 4.19. The van der Waals surface area contributed by atoms with Crippen molar-refractivity contribution in [1.29, 1.82) is 0 Å². The lowest BCUT2D eigenvalue weighted by atomic mass is 9.96. The zero-order valence-corrected chi connectivity index (χ0v) is 18.1. The van der Waals surface area contributed by atoms with Gasteiger partial charge in [0.15, 0.2) is 0 Å². The van der Waals surface area contributed by atoms with E-state index in [9.17, 15) is 14.8 Å². The fourth-order valence-electron chi connectivity index (χ4n) is 3.11. The Kier molecular flexibility index (Phi) is 11.2. The number of hydrogen-bond donors (Lipinski definition) is 4. The molecule has 162 valence electrons. The summed E-state index contributed by atoms with van der Waals surface area (Å²) in [5, 5.41) is 28.5. The molecule has 0 bridgehead atoms. The minimum Gasteiger partial charge on any atom is -0.483 e. The van der Waals surface area contributed by atoms with Gasteiger partial charge in [-0.3, -0.25) is 4.79 Å². The first kappa shape index (κ1) is 25.3. The quantitative estimate of drug-likeness (QED) is 0.254. The highest BCUT2D eigenvalue weighted by Crippen LogP contribution is 2.39. The van der Waals surface area contributed by atoms with Crippen molar-refractivity contribution in [3.8, 4) is 0 Å². The Balaban J connectivity index is 0.00000132. The summed E-state index contributed by atoms with van der Waals surface area (Å²) in [5.74, 6) is -0.285. The van der Waals surface area contributed by atoms with Crippen molar-refractivity contribution in [2.75, 3.05) is 0 Å². The maximum Gasteiger partial charge on any atom is 0.290 e. The van der Waals surface area contributed by atoms with E-state index in [0.29, 0.717) is 5.03 Å². The van der Waals surface area contributed by atoms with Crippen molar-refractivity contribution in [1.82, 2.24) is 5.43 Å². The van der Waals surface area contributed by atoms with Crippen LogP contribution < -0.4 is 5.43 Å². The smallest absolute Gasteiger partial charge is 0.290 e. The largest absolute Gasteiger partial charge is 0.483 e. The van der Waals surface area contributed by atoms with Gasteiger partial charge in [0.2, 0.25) is 0 Å². The van der Waals surface area contributed by atoms with E-state index in [2.05, 4.69) is 12.3 Å². The number of rotatable bonds is 7. The first-order valence-electron chi connectivity index (χ1n) is 9.79. The molecule has 1 saturated carbocycles. The number of hydrogen-bond acceptors (Lipinski definition) is 5. The normalized spacial score (nSPS) is 16.6. The summed E-state index contributed by atoms with van der Waals surface area (Å²) in [7, 11) is 0. The van der Waals surface area contributed by atoms with Crippen LogP contribution in [0.25, 0.3) is 4.91 Å². The number of benzene rings is 1. The molecule has 0 aliphatic heterocycles. The van der Waals surface area contributed by atoms with Crippen LogP contribution in [0.2, 0.25) is 0 Å². The van der Waals surface area contributed by atoms with Gasteiger partial charge in [-0.2, -0.15) is 10.4 Å². The van der Waals surface area contributed by atoms with Gasteiger partial charge in [-0.15, -0.1) is 0 Å². The number of nitrogens with zero attached hydrogens (tertiary/aromatic N) is 1. The lowest BCUT2D eigenvalue weighted by molar-refractivity contribution is -1.25. The molecule has 0 amide bonds. The second kappa shape index (κ2) is 12.8. The second-order valence-corrected chi connectivity index (χ2v) is 7.90. The van der Waals surface area contributed by atoms with Gasteiger partial charge in [0.1, 0.15) is 5.82 Å². The zero-order chi connectivity index (χ0) is 21.9. The van der Waals surface area contributed by atoms with Gasteiger partial charge in [-0.05, 0) is 68.6 Å². The van der Waals surface area contributed by atoms with Crippen LogP contribution >= 0.6 is 11.8 Å². The van der Waals surface area contributed by atoms with Gasteiger partial charge in [0.05, 0.1) is 11.0 Å². The summed E-state index contributed by atoms with van der Waals surface area (Å²) >= 11 is 1.31. The number of nitrogens with one attached hydrogen (secondary N) is 1. The average molecular weight is 428 g/mol. The van der Waals surface area contributed by atoms with Gasteiger partial charge >= 0.3 is 0 Å². The van der Waals surface area contributed by atoms with Crippen LogP contribution in [0.15, 0.2) is 40.9 Å². The molecule has 1 aliphatic carbocycles. The maximum atomic E-state index is 13.3. The number of carbonyl (C=O) groups is 1. The van der Waals surface area contributed by atoms with Crippen LogP contribution in [-0.2, 0) is 4.79 Å². The lowest BCUT2D eigenvalue weighted by Crippen LogP contribution is -2.56. The third-order valence-electron chi connectivity index (χ3n) is 4.75. The Morgan fingerprint density at radius 3 is 2.28 bits per heavy atom. The monoisotopic (exact) mass is 427 g/mol. The molecule has 0 atom stereocenters. The molecule has 0 saturated heterocycles. The van der Waals surface area contributed by atoms with Crippen LogP contribution in [0.5, 0.6) is 0 Å². The molecule has 0 radical (unpaired) electrons. The van der Waals surface area contributed by atoms with E-state index in [4.69, 9.17) is 9.90 Å². The van der Waals surface area contributed by atoms with Crippen molar-refractivity contribution in [3.63, 3.8) is 0 Å². The standard InChI is InChI=1S/C20H30FN2O2S.CH2O2/c1-4-15(3)20(16-11-13-17(21)14-12-16)26-19(5-2)23(24,25)22-18-9-7-6-8-10-18;2-1-3/h5,11-14,18,22,24-25H,4,6-10H2,1-3H3;1H,(H,2,3)/q+1;/b19-5-,20-15?;. The average Bonchev–Trinajstić information content (AvgIpc) is 2.70. The number of carboxylic acid groups (broad SMARTS) is 1. The van der Waals surface area contributed by atoms with E-state index in [0.717, 1.165) is 48.1 Å². The fraction of sp³-hybridized carbons (Fsp3) is 0.476. The predicted molar refractivity (Wildman–Crippen MR) is 113 cm³/mol. The van der Waals surface area contributed by atoms with E-state index in [1.807, 2.05) is 6.92 Å². The molecule has 4 N–H and O–H groups in total. The molecule has 6 nitrogen and oxygen atoms in total. The number of quaternary nitrogens is 1. The van der Waals surface area contributed by atoms with Gasteiger partial charge < -0.3 is 5.11 Å². The Morgan fingerprint density at radius 2 is 1.79 bits per heavy atom. The number of allylic oxidation sites excluding steroid dienone is 2. The molecule has 1 fully saturated rings. The molecule has 0 unspecified atom stereocenters. The summed E-state index contributed by atoms with van der Waals surface area (Å²) in [5.41, 5.74) is 4.92. The van der Waals surface area contributed by atoms with Crippen molar-refractivity contribution in [2.45, 2.75) is 65.3 Å². The van der Waals surface area contributed by atoms with E-state index in [-0.39, 0.29) is 18.3 Å². The molecule has 0 spiro atoms. The molecule has 8 heteroatoms. The Bertz CT molecular complexity index is 699. The van der Waals surface area contributed by atoms with Crippen LogP contribution in [0.4, 0.5) is 4.39 Å². The van der Waals surface area contributed by atoms with Gasteiger partial charge in [0, 0.05) is 4.91 Å². The van der Waals surface area contributed by atoms with Crippen LogP contribution in [0.1, 0.15) is 64.9 Å². The van der Waals surface area contributed by atoms with Crippen molar-refractivity contribution in [3.05, 3.63) is 52.3 Å². The molecule has 2 rings (SSSR count). The first-order chi connectivity index (χ1) is 13.8. The van der Waals surface area contributed by atoms with Gasteiger partial charge in [-0.1, -0.05) is 49.3 Å². The molecule has 1 aromatic rings. The Labute approximate surface area is 176 Å². The molecule has 0 aromatic heterocycles. The number of hydroxylamine groups is 2. The summed E-state index contributed by atoms with van der Waals surface area (Å²) < 4.78 is 13.3. The van der Waals surface area contributed by atoms with E-state index < -0.39 is 4.92 Å². The molecular weight excluding hydrogens is 395 g/mol. The minimum absolute atomic E-state index is 0.0832. The number of halogens is 1. The highest BCUT2D eigenvalue weighted by atomic mass is 32.2. The number of thioether (sulfide) groups is 1. The van der Waals surface area contributed by atoms with E-state index in [1.54, 1.807) is 25.1 Å². The highest BCUT2D eigenvalue weighted by molar-refractivity contribution is 8.11. The second-order valence-electron chi connectivity index (χ2n) is 6.87. The van der Waals surface area contributed by atoms with Crippen LogP contribution in [0.3, 0.4) is 0 Å². The molecule has 29 heavy (non-hydrogen) atoms. The lowest BCUT2D eigenvalue weighted by Gasteiger charge is -2.29. The summed E-state index contributed by atoms with van der Waals surface area (Å²) in [4.78, 5) is 7.95. The third kappa shape index (κ3) is 8.28. The predicted octanol–water partition coefficient (Wildman–Crippen LogP) is 5.69. The van der Waals surface area contributed by atoms with Gasteiger partial charge in [-0.25, -0.2) is 4.39 Å². The summed E-state index contributed by atoms with van der Waals surface area (Å²) in [6, 6.07) is 6.38. The minimum atomic E-state index is -1.33. The molecule has 1 aromatic carbocycles. The van der Waals surface area contributed by atoms with Crippen molar-refractivity contribution in [2.24, 2.45) is 0 Å². The maximum absolute atomic E-state index is 13.3. The van der Waals surface area contributed by atoms with Crippen LogP contribution in [0, 0.1) is 5.82 Å². The topological polar surface area (TPSA) is 89.8 Å². The Hall–Kier alpha value is -1.71. The van der Waals surface area contributed by atoms with Crippen molar-refractivity contribution < 1.29 is 29.6 Å². The highest BCUT2D eigenvalue weighted by Gasteiger charge is 2.35. The van der Waals surface area contributed by atoms with Crippen LogP contribution in [-0.4, -0.2) is 33.0 Å². The summed E-state index contributed by atoms with van der Waals surface area (Å²) in [6.07, 6.45) is 7.82. The van der Waals surface area contributed by atoms with E-state index >= 15 is 0 Å². The van der Waals surface area contributed by atoms with E-state index in [1.165, 1.54) is 30.3 Å². The summed E-state index contributed by atoms with van der Waals surface area (Å²) in [6.45, 7) is 5.60. The van der Waals surface area contributed by atoms with Gasteiger partial charge in [0.25, 0.3) is 11.5 Å². The third-order valence-corrected chi connectivity index (χ3v) is 6.24. The molecule has 0 heterocycles. The zero-order valence-electron chi connectivity index (χ0n) is 17.3.